The van der Waals surface area contributed by atoms with Crippen molar-refractivity contribution in [2.45, 2.75) is 52.4 Å². The summed E-state index contributed by atoms with van der Waals surface area (Å²) in [5, 5.41) is 3.95. The minimum Gasteiger partial charge on any atom is -0.489 e. The molecule has 1 amide bonds. The van der Waals surface area contributed by atoms with Crippen LogP contribution in [0.5, 0.6) is 5.75 Å². The van der Waals surface area contributed by atoms with Gasteiger partial charge in [0.15, 0.2) is 0 Å². The summed E-state index contributed by atoms with van der Waals surface area (Å²) in [6, 6.07) is 13.9. The molecule has 3 aromatic rings. The first kappa shape index (κ1) is 24.0. The lowest BCUT2D eigenvalue weighted by Gasteiger charge is -2.13. The molecule has 1 N–H and O–H groups in total. The normalized spacial score (nSPS) is 13.7. The van der Waals surface area contributed by atoms with Gasteiger partial charge in [0.05, 0.1) is 5.56 Å². The molecule has 34 heavy (non-hydrogen) atoms. The Hall–Kier alpha value is -3.18. The first-order valence-corrected chi connectivity index (χ1v) is 12.8. The van der Waals surface area contributed by atoms with Crippen molar-refractivity contribution in [1.82, 2.24) is 0 Å². The van der Waals surface area contributed by atoms with Crippen LogP contribution in [0.2, 0.25) is 0 Å². The van der Waals surface area contributed by atoms with E-state index in [2.05, 4.69) is 18.0 Å². The van der Waals surface area contributed by atoms with Crippen molar-refractivity contribution in [3.8, 4) is 5.75 Å². The van der Waals surface area contributed by atoms with Crippen molar-refractivity contribution < 1.29 is 9.53 Å². The third-order valence-corrected chi connectivity index (χ3v) is 7.32. The Labute approximate surface area is 206 Å². The summed E-state index contributed by atoms with van der Waals surface area (Å²) in [6.07, 6.45) is 10.2. The second-order valence-electron chi connectivity index (χ2n) is 8.77. The number of nitrogens with one attached hydrogen (secondary N) is 1. The highest BCUT2D eigenvalue weighted by Gasteiger charge is 2.24. The smallest absolute Gasteiger partial charge is 0.259 e. The van der Waals surface area contributed by atoms with Crippen LogP contribution in [0.1, 0.15) is 63.2 Å². The van der Waals surface area contributed by atoms with E-state index in [1.54, 1.807) is 17.4 Å². The molecule has 2 aromatic carbocycles. The van der Waals surface area contributed by atoms with Crippen LogP contribution in [-0.2, 0) is 12.8 Å². The number of aliphatic imine (C=N–C) groups is 1. The highest BCUT2D eigenvalue weighted by Crippen LogP contribution is 2.39. The van der Waals surface area contributed by atoms with E-state index in [-0.39, 0.29) is 5.91 Å². The molecule has 1 aromatic heterocycles. The third-order valence-electron chi connectivity index (χ3n) is 6.12. The van der Waals surface area contributed by atoms with Crippen LogP contribution in [0.3, 0.4) is 0 Å². The van der Waals surface area contributed by atoms with Gasteiger partial charge < -0.3 is 10.1 Å². The summed E-state index contributed by atoms with van der Waals surface area (Å²) >= 11 is 1.66. The molecule has 1 aliphatic rings. The van der Waals surface area contributed by atoms with Gasteiger partial charge in [-0.3, -0.25) is 4.79 Å². The number of carbonyl (C=O) groups is 1. The van der Waals surface area contributed by atoms with E-state index in [1.165, 1.54) is 23.3 Å². The number of fused-ring (bicyclic) bond motifs is 1. The number of ether oxygens (including phenoxy) is 1. The van der Waals surface area contributed by atoms with Crippen LogP contribution < -0.4 is 10.1 Å². The number of nitrogens with zero attached hydrogens (tertiary/aromatic N) is 1. The summed E-state index contributed by atoms with van der Waals surface area (Å²) < 4.78 is 5.78. The Morgan fingerprint density at radius 3 is 2.74 bits per heavy atom. The van der Waals surface area contributed by atoms with Gasteiger partial charge in [0.1, 0.15) is 17.4 Å². The van der Waals surface area contributed by atoms with E-state index >= 15 is 0 Å². The molecule has 0 saturated heterocycles. The Balaban J connectivity index is 1.72. The lowest BCUT2D eigenvalue weighted by Crippen LogP contribution is -2.15. The van der Waals surface area contributed by atoms with Crippen molar-refractivity contribution in [1.29, 1.82) is 0 Å². The number of benzene rings is 2. The van der Waals surface area contributed by atoms with E-state index in [9.17, 15) is 4.79 Å². The topological polar surface area (TPSA) is 50.7 Å². The van der Waals surface area contributed by atoms with Gasteiger partial charge in [-0.2, -0.15) is 0 Å². The minimum atomic E-state index is -0.0740. The van der Waals surface area contributed by atoms with Gasteiger partial charge in [-0.25, -0.2) is 4.99 Å². The summed E-state index contributed by atoms with van der Waals surface area (Å²) in [5.74, 6) is 0.678. The number of thiophene rings is 1. The summed E-state index contributed by atoms with van der Waals surface area (Å²) in [4.78, 5) is 19.8. The van der Waals surface area contributed by atoms with Crippen molar-refractivity contribution in [3.63, 3.8) is 0 Å². The molecule has 4 nitrogen and oxygen atoms in total. The molecule has 5 heteroatoms. The Kier molecular flexibility index (Phi) is 7.96. The molecule has 0 fully saturated rings. The number of hydrogen-bond donors (Lipinski definition) is 1. The fourth-order valence-electron chi connectivity index (χ4n) is 4.28. The molecule has 1 heterocycles. The number of aryl methyl sites for hydroxylation is 3. The van der Waals surface area contributed by atoms with Crippen molar-refractivity contribution in [3.05, 3.63) is 87.8 Å². The zero-order chi connectivity index (χ0) is 23.9. The third kappa shape index (κ3) is 5.65. The van der Waals surface area contributed by atoms with Gasteiger partial charge in [0.2, 0.25) is 0 Å². The maximum absolute atomic E-state index is 13.6. The number of hydrogen-bond acceptors (Lipinski definition) is 4. The molecular formula is C29H32N2O2S. The molecule has 0 spiro atoms. The summed E-state index contributed by atoms with van der Waals surface area (Å²) in [7, 11) is 0. The molecule has 176 valence electrons. The SMILES string of the molecule is C=CCOc1ccccc1C=Nc1sc2c(c1C(=O)Nc1cc(C)ccc1C)CCCCCC2. The van der Waals surface area contributed by atoms with E-state index < -0.39 is 0 Å². The Morgan fingerprint density at radius 2 is 1.91 bits per heavy atom. The average molecular weight is 473 g/mol. The predicted octanol–water partition coefficient (Wildman–Crippen LogP) is 7.59. The van der Waals surface area contributed by atoms with Crippen LogP contribution >= 0.6 is 11.3 Å². The standard InChI is InChI=1S/C29H32N2O2S/c1-4-17-33-25-13-10-9-11-22(25)19-30-29-27(23-12-7-5-6-8-14-26(23)34-29)28(32)31-24-18-20(2)15-16-21(24)3/h4,9-11,13,15-16,18-19H,1,5-8,12,14,17H2,2-3H3,(H,31,32). The monoisotopic (exact) mass is 472 g/mol. The summed E-state index contributed by atoms with van der Waals surface area (Å²) in [6.45, 7) is 8.22. The second-order valence-corrected chi connectivity index (χ2v) is 9.85. The van der Waals surface area contributed by atoms with Gasteiger partial charge in [0.25, 0.3) is 5.91 Å². The van der Waals surface area contributed by atoms with Crippen LogP contribution in [0.15, 0.2) is 60.1 Å². The average Bonchev–Trinajstić information content (AvgIpc) is 3.15. The molecule has 0 atom stereocenters. The van der Waals surface area contributed by atoms with Gasteiger partial charge in [-0.05, 0) is 74.4 Å². The van der Waals surface area contributed by atoms with Gasteiger partial charge >= 0.3 is 0 Å². The lowest BCUT2D eigenvalue weighted by molar-refractivity contribution is 0.102. The first-order chi connectivity index (χ1) is 16.6. The second kappa shape index (κ2) is 11.3. The van der Waals surface area contributed by atoms with E-state index in [1.807, 2.05) is 56.5 Å². The molecule has 0 bridgehead atoms. The number of para-hydroxylation sites is 1. The summed E-state index contributed by atoms with van der Waals surface area (Å²) in [5.41, 5.74) is 5.81. The van der Waals surface area contributed by atoms with Crippen molar-refractivity contribution in [2.75, 3.05) is 11.9 Å². The Morgan fingerprint density at radius 1 is 1.12 bits per heavy atom. The number of carbonyl (C=O) groups excluding carboxylic acids is 1. The zero-order valence-corrected chi connectivity index (χ0v) is 20.8. The quantitative estimate of drug-likeness (QED) is 0.284. The maximum atomic E-state index is 13.6. The molecule has 0 saturated carbocycles. The molecular weight excluding hydrogens is 440 g/mol. The van der Waals surface area contributed by atoms with Crippen molar-refractivity contribution >= 4 is 34.1 Å². The molecule has 0 unspecified atom stereocenters. The first-order valence-electron chi connectivity index (χ1n) is 12.0. The molecule has 1 aliphatic carbocycles. The maximum Gasteiger partial charge on any atom is 0.259 e. The highest BCUT2D eigenvalue weighted by atomic mass is 32.1. The van der Waals surface area contributed by atoms with Gasteiger partial charge in [0, 0.05) is 22.3 Å². The lowest BCUT2D eigenvalue weighted by atomic mass is 9.96. The van der Waals surface area contributed by atoms with Crippen LogP contribution in [-0.4, -0.2) is 18.7 Å². The number of rotatable bonds is 7. The molecule has 0 radical (unpaired) electrons. The van der Waals surface area contributed by atoms with Crippen molar-refractivity contribution in [2.24, 2.45) is 4.99 Å². The number of anilines is 1. The highest BCUT2D eigenvalue weighted by molar-refractivity contribution is 7.16. The Bertz CT molecular complexity index is 1210. The van der Waals surface area contributed by atoms with E-state index in [4.69, 9.17) is 9.73 Å². The number of amides is 1. The predicted molar refractivity (Wildman–Crippen MR) is 143 cm³/mol. The fourth-order valence-corrected chi connectivity index (χ4v) is 5.51. The van der Waals surface area contributed by atoms with Crippen LogP contribution in [0.25, 0.3) is 0 Å². The van der Waals surface area contributed by atoms with Gasteiger partial charge in [-0.15, -0.1) is 11.3 Å². The molecule has 4 rings (SSSR count). The zero-order valence-electron chi connectivity index (χ0n) is 20.0. The van der Waals surface area contributed by atoms with Gasteiger partial charge in [-0.1, -0.05) is 49.8 Å². The molecule has 0 aliphatic heterocycles. The van der Waals surface area contributed by atoms with E-state index in [0.29, 0.717) is 6.61 Å². The fraction of sp³-hybridized carbons (Fsp3) is 0.310. The largest absolute Gasteiger partial charge is 0.489 e. The van der Waals surface area contributed by atoms with Crippen LogP contribution in [0.4, 0.5) is 10.7 Å². The van der Waals surface area contributed by atoms with Crippen LogP contribution in [0, 0.1) is 13.8 Å². The van der Waals surface area contributed by atoms with E-state index in [0.717, 1.165) is 64.4 Å². The minimum absolute atomic E-state index is 0.0740.